The van der Waals surface area contributed by atoms with Crippen molar-refractivity contribution >= 4 is 18.6 Å². The van der Waals surface area contributed by atoms with Crippen molar-refractivity contribution in [1.29, 1.82) is 0 Å². The summed E-state index contributed by atoms with van der Waals surface area (Å²) in [5, 5.41) is 0. The summed E-state index contributed by atoms with van der Waals surface area (Å²) in [5.41, 5.74) is 0. The average Bonchev–Trinajstić information content (AvgIpc) is 2.83. The van der Waals surface area contributed by atoms with Crippen LogP contribution in [0.4, 0.5) is 0 Å². The highest BCUT2D eigenvalue weighted by Crippen LogP contribution is 2.16. The third-order valence-electron chi connectivity index (χ3n) is 7.08. The highest BCUT2D eigenvalue weighted by atomic mass is 32.1. The topological polar surface area (TPSA) is 26.3 Å². The van der Waals surface area contributed by atoms with Crippen LogP contribution in [0.2, 0.25) is 0 Å². The van der Waals surface area contributed by atoms with Crippen LogP contribution in [0.25, 0.3) is 0 Å². The number of thiol groups is 1. The minimum atomic E-state index is -0.102. The van der Waals surface area contributed by atoms with Crippen LogP contribution >= 0.6 is 12.6 Å². The van der Waals surface area contributed by atoms with Gasteiger partial charge in [0.2, 0.25) is 0 Å². The van der Waals surface area contributed by atoms with Gasteiger partial charge >= 0.3 is 5.97 Å². The van der Waals surface area contributed by atoms with Crippen molar-refractivity contribution in [3.63, 3.8) is 0 Å². The van der Waals surface area contributed by atoms with Crippen molar-refractivity contribution < 1.29 is 9.53 Å². The lowest BCUT2D eigenvalue weighted by atomic mass is 10.0. The largest absolute Gasteiger partial charge is 0.466 e. The highest BCUT2D eigenvalue weighted by Gasteiger charge is 2.00. The Kier molecular flexibility index (Phi) is 30.7. The van der Waals surface area contributed by atoms with Gasteiger partial charge in [-0.3, -0.25) is 4.79 Å². The molecule has 0 N–H and O–H groups in total. The third kappa shape index (κ3) is 29.9. The highest BCUT2D eigenvalue weighted by molar-refractivity contribution is 7.80. The standard InChI is InChI=1S/C31H62O2S/c1-2-3-4-5-6-7-8-9-10-11-12-13-14-15-16-17-18-19-20-21-22-23-24-25-26-27-29-33-31(32)28-30-34/h34H,2-30H2,1H3. The molecule has 204 valence electrons. The van der Waals surface area contributed by atoms with Gasteiger partial charge in [0.25, 0.3) is 0 Å². The van der Waals surface area contributed by atoms with Crippen molar-refractivity contribution in [3.8, 4) is 0 Å². The molecule has 0 unspecified atom stereocenters. The fourth-order valence-electron chi connectivity index (χ4n) is 4.77. The third-order valence-corrected chi connectivity index (χ3v) is 7.30. The van der Waals surface area contributed by atoms with E-state index in [2.05, 4.69) is 19.6 Å². The van der Waals surface area contributed by atoms with Crippen LogP contribution in [0.15, 0.2) is 0 Å². The van der Waals surface area contributed by atoms with E-state index in [0.717, 1.165) is 6.42 Å². The molecule has 0 radical (unpaired) electrons. The van der Waals surface area contributed by atoms with E-state index in [1.807, 2.05) is 0 Å². The van der Waals surface area contributed by atoms with E-state index < -0.39 is 0 Å². The minimum Gasteiger partial charge on any atom is -0.466 e. The molecule has 0 amide bonds. The van der Waals surface area contributed by atoms with Gasteiger partial charge in [-0.2, -0.15) is 12.6 Å². The Morgan fingerprint density at radius 2 is 0.735 bits per heavy atom. The van der Waals surface area contributed by atoms with Gasteiger partial charge in [-0.15, -0.1) is 0 Å². The van der Waals surface area contributed by atoms with Crippen LogP contribution in [-0.2, 0) is 9.53 Å². The Labute approximate surface area is 220 Å². The van der Waals surface area contributed by atoms with Crippen LogP contribution in [0, 0.1) is 0 Å². The zero-order valence-corrected chi connectivity index (χ0v) is 24.2. The van der Waals surface area contributed by atoms with Crippen molar-refractivity contribution in [1.82, 2.24) is 0 Å². The van der Waals surface area contributed by atoms with Gasteiger partial charge in [0.15, 0.2) is 0 Å². The van der Waals surface area contributed by atoms with Crippen LogP contribution in [-0.4, -0.2) is 18.3 Å². The molecular weight excluding hydrogens is 436 g/mol. The van der Waals surface area contributed by atoms with E-state index in [-0.39, 0.29) is 5.97 Å². The summed E-state index contributed by atoms with van der Waals surface area (Å²) >= 11 is 4.04. The minimum absolute atomic E-state index is 0.102. The average molecular weight is 499 g/mol. The molecule has 0 aromatic heterocycles. The maximum atomic E-state index is 11.2. The number of rotatable bonds is 29. The molecule has 34 heavy (non-hydrogen) atoms. The first kappa shape index (κ1) is 33.8. The Balaban J connectivity index is 3.03. The normalized spacial score (nSPS) is 11.2. The molecule has 0 spiro atoms. The monoisotopic (exact) mass is 498 g/mol. The van der Waals surface area contributed by atoms with Crippen LogP contribution in [0.5, 0.6) is 0 Å². The summed E-state index contributed by atoms with van der Waals surface area (Å²) in [6, 6.07) is 0. The van der Waals surface area contributed by atoms with Crippen LogP contribution < -0.4 is 0 Å². The molecule has 0 aliphatic heterocycles. The number of hydrogen-bond acceptors (Lipinski definition) is 3. The summed E-state index contributed by atoms with van der Waals surface area (Å²) < 4.78 is 5.15. The smallest absolute Gasteiger partial charge is 0.306 e. The van der Waals surface area contributed by atoms with Crippen LogP contribution in [0.3, 0.4) is 0 Å². The number of carbonyl (C=O) groups is 1. The van der Waals surface area contributed by atoms with E-state index in [1.54, 1.807) is 0 Å². The van der Waals surface area contributed by atoms with E-state index in [1.165, 1.54) is 161 Å². The molecule has 3 heteroatoms. The first-order valence-corrected chi connectivity index (χ1v) is 16.2. The SMILES string of the molecule is CCCCCCCCCCCCCCCCCCCCCCCCCCCCOC(=O)CCS. The number of ether oxygens (including phenoxy) is 1. The van der Waals surface area contributed by atoms with Gasteiger partial charge in [-0.1, -0.05) is 167 Å². The molecule has 0 aromatic rings. The lowest BCUT2D eigenvalue weighted by molar-refractivity contribution is -0.143. The predicted octanol–water partition coefficient (Wildman–Crippen LogP) is 11.0. The molecule has 0 atom stereocenters. The lowest BCUT2D eigenvalue weighted by Crippen LogP contribution is -2.06. The molecule has 0 saturated carbocycles. The Morgan fingerprint density at radius 3 is 1.00 bits per heavy atom. The number of carbonyl (C=O) groups excluding carboxylic acids is 1. The first-order chi connectivity index (χ1) is 16.8. The van der Waals surface area contributed by atoms with Gasteiger partial charge < -0.3 is 4.74 Å². The van der Waals surface area contributed by atoms with E-state index in [9.17, 15) is 4.79 Å². The second-order valence-electron chi connectivity index (χ2n) is 10.5. The summed E-state index contributed by atoms with van der Waals surface area (Å²) in [6.45, 7) is 2.89. The number of esters is 1. The van der Waals surface area contributed by atoms with Crippen molar-refractivity contribution in [2.45, 2.75) is 180 Å². The van der Waals surface area contributed by atoms with Crippen molar-refractivity contribution in [3.05, 3.63) is 0 Å². The molecule has 0 fully saturated rings. The fourth-order valence-corrected chi connectivity index (χ4v) is 4.95. The van der Waals surface area contributed by atoms with Crippen molar-refractivity contribution in [2.24, 2.45) is 0 Å². The van der Waals surface area contributed by atoms with Gasteiger partial charge in [-0.25, -0.2) is 0 Å². The van der Waals surface area contributed by atoms with Gasteiger partial charge in [-0.05, 0) is 6.42 Å². The molecule has 0 heterocycles. The van der Waals surface area contributed by atoms with Gasteiger partial charge in [0, 0.05) is 5.75 Å². The molecule has 0 aliphatic rings. The summed E-state index contributed by atoms with van der Waals surface area (Å²) in [6.07, 6.45) is 37.1. The second-order valence-corrected chi connectivity index (χ2v) is 11.0. The van der Waals surface area contributed by atoms with Gasteiger partial charge in [0.1, 0.15) is 0 Å². The van der Waals surface area contributed by atoms with E-state index >= 15 is 0 Å². The second kappa shape index (κ2) is 30.9. The summed E-state index contributed by atoms with van der Waals surface area (Å²) in [5.74, 6) is 0.479. The van der Waals surface area contributed by atoms with Gasteiger partial charge in [0.05, 0.1) is 13.0 Å². The predicted molar refractivity (Wildman–Crippen MR) is 155 cm³/mol. The zero-order chi connectivity index (χ0) is 24.8. The molecule has 0 rings (SSSR count). The van der Waals surface area contributed by atoms with E-state index in [4.69, 9.17) is 4.74 Å². The number of unbranched alkanes of at least 4 members (excludes halogenated alkanes) is 25. The maximum absolute atomic E-state index is 11.2. The summed E-state index contributed by atoms with van der Waals surface area (Å²) in [4.78, 5) is 11.2. The molecule has 2 nitrogen and oxygen atoms in total. The summed E-state index contributed by atoms with van der Waals surface area (Å²) in [7, 11) is 0. The molecule has 0 bridgehead atoms. The Bertz CT molecular complexity index is 386. The van der Waals surface area contributed by atoms with Crippen molar-refractivity contribution in [2.75, 3.05) is 12.4 Å². The Hall–Kier alpha value is -0.180. The molecular formula is C31H62O2S. The number of hydrogen-bond donors (Lipinski definition) is 1. The van der Waals surface area contributed by atoms with Crippen LogP contribution in [0.1, 0.15) is 180 Å². The quantitative estimate of drug-likeness (QED) is 0.0630. The maximum Gasteiger partial charge on any atom is 0.306 e. The molecule has 0 saturated heterocycles. The lowest BCUT2D eigenvalue weighted by Gasteiger charge is -2.05. The first-order valence-electron chi connectivity index (χ1n) is 15.6. The fraction of sp³-hybridized carbons (Fsp3) is 0.968. The molecule has 0 aliphatic carbocycles. The van der Waals surface area contributed by atoms with E-state index in [0.29, 0.717) is 18.8 Å². The Morgan fingerprint density at radius 1 is 0.471 bits per heavy atom. The zero-order valence-electron chi connectivity index (χ0n) is 23.3. The molecule has 0 aromatic carbocycles.